The van der Waals surface area contributed by atoms with Crippen molar-refractivity contribution in [3.63, 3.8) is 0 Å². The molecular formula is C17H13FN2O. The van der Waals surface area contributed by atoms with E-state index < -0.39 is 0 Å². The van der Waals surface area contributed by atoms with Crippen LogP contribution in [0.1, 0.15) is 5.69 Å². The van der Waals surface area contributed by atoms with Gasteiger partial charge in [0, 0.05) is 11.9 Å². The number of hydrogen-bond donors (Lipinski definition) is 1. The van der Waals surface area contributed by atoms with Crippen molar-refractivity contribution >= 4 is 11.9 Å². The van der Waals surface area contributed by atoms with E-state index in [0.717, 1.165) is 11.4 Å². The number of aromatic hydroxyl groups is 1. The molecule has 0 aliphatic carbocycles. The van der Waals surface area contributed by atoms with Gasteiger partial charge in [-0.2, -0.15) is 0 Å². The Hall–Kier alpha value is -2.88. The molecule has 0 aliphatic heterocycles. The lowest BCUT2D eigenvalue weighted by Crippen LogP contribution is -1.97. The van der Waals surface area contributed by atoms with Crippen molar-refractivity contribution in [3.8, 4) is 11.4 Å². The van der Waals surface area contributed by atoms with Crippen LogP contribution in [-0.4, -0.2) is 15.9 Å². The summed E-state index contributed by atoms with van der Waals surface area (Å²) >= 11 is 0. The van der Waals surface area contributed by atoms with Gasteiger partial charge in [-0.05, 0) is 60.7 Å². The Morgan fingerprint density at radius 2 is 1.67 bits per heavy atom. The Kier molecular flexibility index (Phi) is 3.51. The van der Waals surface area contributed by atoms with Gasteiger partial charge in [0.15, 0.2) is 0 Å². The van der Waals surface area contributed by atoms with E-state index in [-0.39, 0.29) is 11.6 Å². The third-order valence-corrected chi connectivity index (χ3v) is 3.08. The number of halogens is 1. The lowest BCUT2D eigenvalue weighted by molar-refractivity contribution is 0.475. The summed E-state index contributed by atoms with van der Waals surface area (Å²) < 4.78 is 14.8. The molecule has 21 heavy (non-hydrogen) atoms. The van der Waals surface area contributed by atoms with Gasteiger partial charge in [0.2, 0.25) is 0 Å². The van der Waals surface area contributed by atoms with Gasteiger partial charge in [-0.3, -0.25) is 4.99 Å². The molecule has 0 radical (unpaired) electrons. The number of phenols is 1. The molecule has 0 saturated carbocycles. The Morgan fingerprint density at radius 1 is 0.952 bits per heavy atom. The van der Waals surface area contributed by atoms with E-state index in [2.05, 4.69) is 4.99 Å². The second-order valence-electron chi connectivity index (χ2n) is 4.55. The quantitative estimate of drug-likeness (QED) is 0.721. The minimum atomic E-state index is -0.276. The van der Waals surface area contributed by atoms with Crippen molar-refractivity contribution in [2.45, 2.75) is 0 Å². The SMILES string of the molecule is Oc1ccc(-n2cccc2C=Nc2ccc(F)cc2)cc1. The van der Waals surface area contributed by atoms with Crippen molar-refractivity contribution in [3.05, 3.63) is 78.4 Å². The summed E-state index contributed by atoms with van der Waals surface area (Å²) in [5.41, 5.74) is 2.51. The number of rotatable bonds is 3. The highest BCUT2D eigenvalue weighted by Crippen LogP contribution is 2.17. The first-order valence-electron chi connectivity index (χ1n) is 6.49. The molecule has 1 heterocycles. The molecule has 0 unspecified atom stereocenters. The standard InChI is InChI=1S/C17H13FN2O/c18-13-3-5-14(6-4-13)19-12-16-2-1-11-20(16)15-7-9-17(21)10-8-15/h1-12,21H. The molecule has 0 fully saturated rings. The highest BCUT2D eigenvalue weighted by molar-refractivity contribution is 5.81. The smallest absolute Gasteiger partial charge is 0.123 e. The van der Waals surface area contributed by atoms with Gasteiger partial charge >= 0.3 is 0 Å². The molecule has 0 amide bonds. The summed E-state index contributed by atoms with van der Waals surface area (Å²) in [5, 5.41) is 9.33. The van der Waals surface area contributed by atoms with Crippen LogP contribution in [0.3, 0.4) is 0 Å². The van der Waals surface area contributed by atoms with Gasteiger partial charge in [0.1, 0.15) is 11.6 Å². The molecule has 0 atom stereocenters. The molecule has 1 aromatic heterocycles. The summed E-state index contributed by atoms with van der Waals surface area (Å²) in [7, 11) is 0. The van der Waals surface area contributed by atoms with Crippen molar-refractivity contribution in [2.24, 2.45) is 4.99 Å². The van der Waals surface area contributed by atoms with Crippen LogP contribution in [0, 0.1) is 5.82 Å². The van der Waals surface area contributed by atoms with Gasteiger partial charge < -0.3 is 9.67 Å². The minimum absolute atomic E-state index is 0.229. The maximum Gasteiger partial charge on any atom is 0.123 e. The predicted octanol–water partition coefficient (Wildman–Crippen LogP) is 4.07. The first-order valence-corrected chi connectivity index (χ1v) is 6.49. The number of aliphatic imine (C=N–C) groups is 1. The van der Waals surface area contributed by atoms with Crippen LogP contribution in [0.2, 0.25) is 0 Å². The van der Waals surface area contributed by atoms with Gasteiger partial charge in [-0.1, -0.05) is 0 Å². The summed E-state index contributed by atoms with van der Waals surface area (Å²) in [5.74, 6) is -0.0474. The summed E-state index contributed by atoms with van der Waals surface area (Å²) in [6, 6.07) is 16.8. The number of hydrogen-bond acceptors (Lipinski definition) is 2. The molecule has 104 valence electrons. The molecule has 0 saturated heterocycles. The Balaban J connectivity index is 1.88. The topological polar surface area (TPSA) is 37.5 Å². The van der Waals surface area contributed by atoms with E-state index in [4.69, 9.17) is 0 Å². The van der Waals surface area contributed by atoms with E-state index >= 15 is 0 Å². The zero-order valence-corrected chi connectivity index (χ0v) is 11.1. The molecular weight excluding hydrogens is 267 g/mol. The van der Waals surface area contributed by atoms with Crippen molar-refractivity contribution in [1.29, 1.82) is 0 Å². The average molecular weight is 280 g/mol. The normalized spacial score (nSPS) is 11.1. The van der Waals surface area contributed by atoms with E-state index in [1.807, 2.05) is 35.0 Å². The van der Waals surface area contributed by atoms with Gasteiger partial charge in [-0.15, -0.1) is 0 Å². The number of benzene rings is 2. The number of nitrogens with zero attached hydrogens (tertiary/aromatic N) is 2. The van der Waals surface area contributed by atoms with Gasteiger partial charge in [0.25, 0.3) is 0 Å². The van der Waals surface area contributed by atoms with Crippen LogP contribution in [0.25, 0.3) is 5.69 Å². The first kappa shape index (κ1) is 13.1. The molecule has 2 aromatic carbocycles. The Bertz CT molecular complexity index is 758. The molecule has 1 N–H and O–H groups in total. The fourth-order valence-corrected chi connectivity index (χ4v) is 2.02. The zero-order chi connectivity index (χ0) is 14.7. The second-order valence-corrected chi connectivity index (χ2v) is 4.55. The molecule has 3 aromatic rings. The third-order valence-electron chi connectivity index (χ3n) is 3.08. The number of aromatic nitrogens is 1. The van der Waals surface area contributed by atoms with Crippen molar-refractivity contribution in [1.82, 2.24) is 4.57 Å². The van der Waals surface area contributed by atoms with Crippen molar-refractivity contribution in [2.75, 3.05) is 0 Å². The Morgan fingerprint density at radius 3 is 2.38 bits per heavy atom. The van der Waals surface area contributed by atoms with E-state index in [1.54, 1.807) is 30.5 Å². The monoisotopic (exact) mass is 280 g/mol. The fourth-order valence-electron chi connectivity index (χ4n) is 2.02. The predicted molar refractivity (Wildman–Crippen MR) is 81.1 cm³/mol. The molecule has 0 aliphatic rings. The van der Waals surface area contributed by atoms with Crippen LogP contribution in [-0.2, 0) is 0 Å². The van der Waals surface area contributed by atoms with Crippen molar-refractivity contribution < 1.29 is 9.50 Å². The summed E-state index contributed by atoms with van der Waals surface area (Å²) in [6.45, 7) is 0. The summed E-state index contributed by atoms with van der Waals surface area (Å²) in [6.07, 6.45) is 3.64. The maximum absolute atomic E-state index is 12.8. The van der Waals surface area contributed by atoms with Crippen LogP contribution in [0.4, 0.5) is 10.1 Å². The van der Waals surface area contributed by atoms with Crippen LogP contribution in [0.15, 0.2) is 71.9 Å². The molecule has 3 nitrogen and oxygen atoms in total. The second kappa shape index (κ2) is 5.63. The van der Waals surface area contributed by atoms with E-state index in [9.17, 15) is 9.50 Å². The maximum atomic E-state index is 12.8. The lowest BCUT2D eigenvalue weighted by atomic mass is 10.3. The first-order chi connectivity index (χ1) is 10.2. The average Bonchev–Trinajstić information content (AvgIpc) is 2.96. The van der Waals surface area contributed by atoms with Gasteiger partial charge in [-0.25, -0.2) is 4.39 Å². The van der Waals surface area contributed by atoms with Crippen LogP contribution in [0.5, 0.6) is 5.75 Å². The summed E-state index contributed by atoms with van der Waals surface area (Å²) in [4.78, 5) is 4.33. The van der Waals surface area contributed by atoms with E-state index in [1.165, 1.54) is 12.1 Å². The highest BCUT2D eigenvalue weighted by atomic mass is 19.1. The highest BCUT2D eigenvalue weighted by Gasteiger charge is 2.01. The number of phenolic OH excluding ortho intramolecular Hbond substituents is 1. The molecule has 4 heteroatoms. The third kappa shape index (κ3) is 3.00. The molecule has 3 rings (SSSR count). The fraction of sp³-hybridized carbons (Fsp3) is 0. The molecule has 0 bridgehead atoms. The largest absolute Gasteiger partial charge is 0.508 e. The zero-order valence-electron chi connectivity index (χ0n) is 11.1. The van der Waals surface area contributed by atoms with Gasteiger partial charge in [0.05, 0.1) is 17.6 Å². The van der Waals surface area contributed by atoms with Crippen LogP contribution >= 0.6 is 0 Å². The van der Waals surface area contributed by atoms with Crippen LogP contribution < -0.4 is 0 Å². The molecule has 0 spiro atoms. The Labute approximate surface area is 121 Å². The van der Waals surface area contributed by atoms with E-state index in [0.29, 0.717) is 5.69 Å². The minimum Gasteiger partial charge on any atom is -0.508 e. The lowest BCUT2D eigenvalue weighted by Gasteiger charge is -2.06.